The topological polar surface area (TPSA) is 55.1 Å². The number of aromatic nitrogens is 4. The van der Waals surface area contributed by atoms with Gasteiger partial charge in [0.25, 0.3) is 5.78 Å². The smallest absolute Gasteiger partial charge is 0.254 e. The quantitative estimate of drug-likeness (QED) is 0.795. The van der Waals surface area contributed by atoms with Gasteiger partial charge in [0.15, 0.2) is 5.82 Å². The number of halogens is 1. The molecule has 0 unspecified atom stereocenters. The van der Waals surface area contributed by atoms with E-state index in [1.165, 1.54) is 12.1 Å². The van der Waals surface area contributed by atoms with Crippen LogP contribution in [-0.2, 0) is 6.42 Å². The lowest BCUT2D eigenvalue weighted by Gasteiger charge is -2.08. The maximum atomic E-state index is 12.9. The van der Waals surface area contributed by atoms with Crippen LogP contribution in [0.15, 0.2) is 30.3 Å². The van der Waals surface area contributed by atoms with Gasteiger partial charge in [0.2, 0.25) is 0 Å². The summed E-state index contributed by atoms with van der Waals surface area (Å²) in [7, 11) is 0. The van der Waals surface area contributed by atoms with Crippen LogP contribution in [0.3, 0.4) is 0 Å². The summed E-state index contributed by atoms with van der Waals surface area (Å²) in [5.74, 6) is 1.80. The minimum Gasteiger partial charge on any atom is -0.340 e. The molecule has 0 radical (unpaired) electrons. The van der Waals surface area contributed by atoms with Crippen molar-refractivity contribution in [1.82, 2.24) is 19.6 Å². The van der Waals surface area contributed by atoms with Gasteiger partial charge in [0.05, 0.1) is 0 Å². The molecule has 1 N–H and O–H groups in total. The van der Waals surface area contributed by atoms with Crippen molar-refractivity contribution in [1.29, 1.82) is 0 Å². The van der Waals surface area contributed by atoms with Crippen LogP contribution >= 0.6 is 0 Å². The number of hydrogen-bond donors (Lipinski definition) is 1. The normalized spacial score (nSPS) is 10.9. The van der Waals surface area contributed by atoms with Crippen LogP contribution in [0.1, 0.15) is 18.4 Å². The molecule has 0 fully saturated rings. The predicted molar refractivity (Wildman–Crippen MR) is 74.6 cm³/mol. The molecule has 1 aromatic carbocycles. The van der Waals surface area contributed by atoms with E-state index in [0.29, 0.717) is 5.78 Å². The molecule has 2 heterocycles. The molecule has 3 rings (SSSR count). The highest BCUT2D eigenvalue weighted by molar-refractivity contribution is 5.58. The molecule has 0 saturated carbocycles. The van der Waals surface area contributed by atoms with Crippen molar-refractivity contribution in [3.05, 3.63) is 47.7 Å². The average Bonchev–Trinajstić information content (AvgIpc) is 2.84. The van der Waals surface area contributed by atoms with Crippen molar-refractivity contribution in [3.8, 4) is 0 Å². The third-order valence-electron chi connectivity index (χ3n) is 2.92. The van der Waals surface area contributed by atoms with Crippen molar-refractivity contribution < 1.29 is 4.39 Å². The standard InChI is InChI=1S/C14H14FN5/c1-3-12-18-14-16-9(2)8-13(20(14)19-12)17-11-6-4-10(15)5-7-11/h4-8,17H,3H2,1-2H3. The van der Waals surface area contributed by atoms with Gasteiger partial charge in [-0.05, 0) is 31.2 Å². The molecule has 6 heteroatoms. The Morgan fingerprint density at radius 1 is 1.20 bits per heavy atom. The molecule has 0 amide bonds. The number of benzene rings is 1. The van der Waals surface area contributed by atoms with Crippen LogP contribution in [-0.4, -0.2) is 19.6 Å². The van der Waals surface area contributed by atoms with Gasteiger partial charge in [-0.25, -0.2) is 9.37 Å². The van der Waals surface area contributed by atoms with Gasteiger partial charge >= 0.3 is 0 Å². The Balaban J connectivity index is 2.05. The Bertz CT molecular complexity index is 748. The van der Waals surface area contributed by atoms with Crippen LogP contribution in [0.25, 0.3) is 5.78 Å². The first kappa shape index (κ1) is 12.5. The fourth-order valence-electron chi connectivity index (χ4n) is 1.95. The maximum Gasteiger partial charge on any atom is 0.254 e. The van der Waals surface area contributed by atoms with Crippen molar-refractivity contribution in [2.75, 3.05) is 5.32 Å². The Morgan fingerprint density at radius 3 is 2.65 bits per heavy atom. The highest BCUT2D eigenvalue weighted by Gasteiger charge is 2.09. The summed E-state index contributed by atoms with van der Waals surface area (Å²) < 4.78 is 14.6. The Kier molecular flexibility index (Phi) is 3.06. The molecule has 20 heavy (non-hydrogen) atoms. The van der Waals surface area contributed by atoms with E-state index in [1.54, 1.807) is 16.6 Å². The Morgan fingerprint density at radius 2 is 1.95 bits per heavy atom. The van der Waals surface area contributed by atoms with Gasteiger partial charge in [-0.2, -0.15) is 9.50 Å². The van der Waals surface area contributed by atoms with Crippen molar-refractivity contribution in [2.24, 2.45) is 0 Å². The highest BCUT2D eigenvalue weighted by Crippen LogP contribution is 2.18. The molecule has 0 spiro atoms. The van der Waals surface area contributed by atoms with Gasteiger partial charge in [-0.3, -0.25) is 0 Å². The Labute approximate surface area is 115 Å². The van der Waals surface area contributed by atoms with Crippen molar-refractivity contribution >= 4 is 17.3 Å². The summed E-state index contributed by atoms with van der Waals surface area (Å²) in [6, 6.07) is 8.05. The lowest BCUT2D eigenvalue weighted by Crippen LogP contribution is -2.02. The third kappa shape index (κ3) is 2.32. The van der Waals surface area contributed by atoms with Crippen molar-refractivity contribution in [2.45, 2.75) is 20.3 Å². The van der Waals surface area contributed by atoms with E-state index in [1.807, 2.05) is 19.9 Å². The number of aryl methyl sites for hydroxylation is 2. The fourth-order valence-corrected chi connectivity index (χ4v) is 1.95. The summed E-state index contributed by atoms with van der Waals surface area (Å²) in [5.41, 5.74) is 1.63. The maximum absolute atomic E-state index is 12.9. The average molecular weight is 271 g/mol. The number of rotatable bonds is 3. The van der Waals surface area contributed by atoms with Gasteiger partial charge in [-0.15, -0.1) is 5.10 Å². The first-order chi connectivity index (χ1) is 9.65. The molecule has 0 aliphatic carbocycles. The summed E-state index contributed by atoms with van der Waals surface area (Å²) in [6.45, 7) is 3.89. The minimum absolute atomic E-state index is 0.263. The van der Waals surface area contributed by atoms with Crippen LogP contribution in [0.4, 0.5) is 15.9 Å². The minimum atomic E-state index is -0.263. The van der Waals surface area contributed by atoms with E-state index in [0.717, 1.165) is 29.4 Å². The largest absolute Gasteiger partial charge is 0.340 e. The lowest BCUT2D eigenvalue weighted by atomic mass is 10.3. The number of nitrogens with one attached hydrogen (secondary N) is 1. The van der Waals surface area contributed by atoms with Gasteiger partial charge in [-0.1, -0.05) is 6.92 Å². The zero-order valence-corrected chi connectivity index (χ0v) is 11.3. The van der Waals surface area contributed by atoms with Crippen LogP contribution in [0.5, 0.6) is 0 Å². The lowest BCUT2D eigenvalue weighted by molar-refractivity contribution is 0.628. The molecular formula is C14H14FN5. The van der Waals surface area contributed by atoms with E-state index in [4.69, 9.17) is 0 Å². The molecule has 3 aromatic rings. The van der Waals surface area contributed by atoms with E-state index in [9.17, 15) is 4.39 Å². The second kappa shape index (κ2) is 4.88. The van der Waals surface area contributed by atoms with Crippen LogP contribution in [0.2, 0.25) is 0 Å². The second-order valence-electron chi connectivity index (χ2n) is 4.51. The summed E-state index contributed by atoms with van der Waals surface area (Å²) in [5, 5.41) is 7.60. The van der Waals surface area contributed by atoms with E-state index in [2.05, 4.69) is 20.4 Å². The van der Waals surface area contributed by atoms with E-state index < -0.39 is 0 Å². The molecule has 0 aliphatic rings. The molecule has 0 saturated heterocycles. The first-order valence-corrected chi connectivity index (χ1v) is 6.41. The zero-order valence-electron chi connectivity index (χ0n) is 11.3. The van der Waals surface area contributed by atoms with Gasteiger partial charge in [0.1, 0.15) is 11.6 Å². The second-order valence-corrected chi connectivity index (χ2v) is 4.51. The number of anilines is 2. The highest BCUT2D eigenvalue weighted by atomic mass is 19.1. The van der Waals surface area contributed by atoms with Gasteiger partial charge < -0.3 is 5.32 Å². The van der Waals surface area contributed by atoms with E-state index >= 15 is 0 Å². The third-order valence-corrected chi connectivity index (χ3v) is 2.92. The SMILES string of the molecule is CCc1nc2nc(C)cc(Nc3ccc(F)cc3)n2n1. The molecule has 0 aliphatic heterocycles. The number of nitrogens with zero attached hydrogens (tertiary/aromatic N) is 4. The van der Waals surface area contributed by atoms with Crippen LogP contribution in [0, 0.1) is 12.7 Å². The molecular weight excluding hydrogens is 257 g/mol. The number of fused-ring (bicyclic) bond motifs is 1. The Hall–Kier alpha value is -2.50. The van der Waals surface area contributed by atoms with Crippen molar-refractivity contribution in [3.63, 3.8) is 0 Å². The molecule has 102 valence electrons. The zero-order chi connectivity index (χ0) is 14.1. The molecule has 0 bridgehead atoms. The molecule has 0 atom stereocenters. The summed E-state index contributed by atoms with van der Waals surface area (Å²) in [4.78, 5) is 8.70. The van der Waals surface area contributed by atoms with E-state index in [-0.39, 0.29) is 5.82 Å². The van der Waals surface area contributed by atoms with Crippen LogP contribution < -0.4 is 5.32 Å². The first-order valence-electron chi connectivity index (χ1n) is 6.41. The molecule has 2 aromatic heterocycles. The summed E-state index contributed by atoms with van der Waals surface area (Å²) >= 11 is 0. The monoisotopic (exact) mass is 271 g/mol. The van der Waals surface area contributed by atoms with Gasteiger partial charge in [0, 0.05) is 23.9 Å². The number of hydrogen-bond acceptors (Lipinski definition) is 4. The summed E-state index contributed by atoms with van der Waals surface area (Å²) in [6.07, 6.45) is 0.748. The fraction of sp³-hybridized carbons (Fsp3) is 0.214. The molecule has 5 nitrogen and oxygen atoms in total. The predicted octanol–water partition coefficient (Wildman–Crippen LogP) is 2.88.